The molecule has 0 fully saturated rings. The Balaban J connectivity index is 2.38. The maximum Gasteiger partial charge on any atom is 0.312 e. The fourth-order valence-electron chi connectivity index (χ4n) is 1.08. The largest absolute Gasteiger partial charge is 0.397 e. The van der Waals surface area contributed by atoms with E-state index in [1.54, 1.807) is 12.1 Å². The smallest absolute Gasteiger partial charge is 0.312 e. The number of rotatable bonds is 4. The average molecular weight is 209 g/mol. The van der Waals surface area contributed by atoms with Crippen molar-refractivity contribution in [1.29, 1.82) is 0 Å². The van der Waals surface area contributed by atoms with Crippen molar-refractivity contribution in [2.45, 2.75) is 0 Å². The van der Waals surface area contributed by atoms with Crippen molar-refractivity contribution < 1.29 is 4.79 Å². The van der Waals surface area contributed by atoms with Crippen LogP contribution in [0.5, 0.6) is 0 Å². The van der Waals surface area contributed by atoms with E-state index in [0.717, 1.165) is 5.69 Å². The van der Waals surface area contributed by atoms with E-state index in [-0.39, 0.29) is 0 Å². The van der Waals surface area contributed by atoms with Gasteiger partial charge in [-0.15, -0.1) is 0 Å². The highest BCUT2D eigenvalue weighted by molar-refractivity contribution is 5.71. The van der Waals surface area contributed by atoms with Crippen molar-refractivity contribution in [1.82, 2.24) is 5.32 Å². The molecule has 0 radical (unpaired) electrons. The van der Waals surface area contributed by atoms with Crippen LogP contribution in [-0.2, 0) is 0 Å². The highest BCUT2D eigenvalue weighted by Gasteiger charge is 1.96. The van der Waals surface area contributed by atoms with Crippen LogP contribution in [0.25, 0.3) is 0 Å². The molecule has 0 atom stereocenters. The number of urea groups is 1. The Morgan fingerprint density at radius 2 is 1.93 bits per heavy atom. The van der Waals surface area contributed by atoms with Gasteiger partial charge in [0, 0.05) is 18.8 Å². The molecule has 1 aromatic carbocycles. The van der Waals surface area contributed by atoms with Gasteiger partial charge in [0.1, 0.15) is 0 Å². The second-order valence-corrected chi connectivity index (χ2v) is 3.06. The molecule has 8 N–H and O–H groups in total. The van der Waals surface area contributed by atoms with E-state index in [1.165, 1.54) is 0 Å². The van der Waals surface area contributed by atoms with Crippen LogP contribution in [0.15, 0.2) is 18.2 Å². The fourth-order valence-corrected chi connectivity index (χ4v) is 1.08. The Morgan fingerprint density at radius 3 is 2.53 bits per heavy atom. The molecular weight excluding hydrogens is 194 g/mol. The van der Waals surface area contributed by atoms with E-state index in [2.05, 4.69) is 10.6 Å². The van der Waals surface area contributed by atoms with E-state index in [9.17, 15) is 4.79 Å². The quantitative estimate of drug-likeness (QED) is 0.352. The molecule has 0 heterocycles. The van der Waals surface area contributed by atoms with Gasteiger partial charge in [0.2, 0.25) is 0 Å². The van der Waals surface area contributed by atoms with Crippen LogP contribution < -0.4 is 27.8 Å². The molecular formula is C9H15N5O. The Kier molecular flexibility index (Phi) is 3.61. The van der Waals surface area contributed by atoms with Crippen LogP contribution in [0.4, 0.5) is 21.9 Å². The summed E-state index contributed by atoms with van der Waals surface area (Å²) in [5, 5.41) is 5.52. The van der Waals surface area contributed by atoms with Gasteiger partial charge >= 0.3 is 6.03 Å². The Labute approximate surface area is 87.8 Å². The van der Waals surface area contributed by atoms with Gasteiger partial charge in [0.05, 0.1) is 11.4 Å². The first-order valence-corrected chi connectivity index (χ1v) is 4.52. The number of carbonyl (C=O) groups excluding carboxylic acids is 1. The third-order valence-electron chi connectivity index (χ3n) is 1.84. The number of benzene rings is 1. The predicted octanol–water partition coefficient (Wildman–Crippen LogP) is -0.0688. The molecule has 6 nitrogen and oxygen atoms in total. The summed E-state index contributed by atoms with van der Waals surface area (Å²) in [6, 6.07) is 4.74. The molecule has 0 spiro atoms. The van der Waals surface area contributed by atoms with Crippen molar-refractivity contribution in [3.05, 3.63) is 18.2 Å². The normalized spacial score (nSPS) is 9.60. The summed E-state index contributed by atoms with van der Waals surface area (Å²) < 4.78 is 0. The molecule has 0 aliphatic carbocycles. The lowest BCUT2D eigenvalue weighted by atomic mass is 10.2. The van der Waals surface area contributed by atoms with Crippen molar-refractivity contribution in [3.63, 3.8) is 0 Å². The summed E-state index contributed by atoms with van der Waals surface area (Å²) in [5.41, 5.74) is 18.0. The Morgan fingerprint density at radius 1 is 1.20 bits per heavy atom. The molecule has 1 aromatic rings. The average Bonchev–Trinajstić information content (AvgIpc) is 2.18. The summed E-state index contributed by atoms with van der Waals surface area (Å²) in [6.07, 6.45) is 0. The molecule has 0 bridgehead atoms. The minimum Gasteiger partial charge on any atom is -0.397 e. The second-order valence-electron chi connectivity index (χ2n) is 3.06. The number of nitrogens with two attached hydrogens (primary N) is 3. The molecule has 2 amide bonds. The Hall–Kier alpha value is -2.11. The molecule has 0 aliphatic heterocycles. The summed E-state index contributed by atoms with van der Waals surface area (Å²) in [4.78, 5) is 10.4. The molecule has 0 aliphatic rings. The lowest BCUT2D eigenvalue weighted by Gasteiger charge is -2.08. The lowest BCUT2D eigenvalue weighted by Crippen LogP contribution is -2.33. The number of primary amides is 1. The zero-order valence-electron chi connectivity index (χ0n) is 8.29. The summed E-state index contributed by atoms with van der Waals surface area (Å²) in [6.45, 7) is 1.03. The van der Waals surface area contributed by atoms with Gasteiger partial charge in [-0.3, -0.25) is 0 Å². The molecule has 0 saturated heterocycles. The first kappa shape index (κ1) is 11.0. The van der Waals surface area contributed by atoms with Crippen LogP contribution in [0, 0.1) is 0 Å². The van der Waals surface area contributed by atoms with Crippen LogP contribution in [0.2, 0.25) is 0 Å². The molecule has 0 unspecified atom stereocenters. The molecule has 15 heavy (non-hydrogen) atoms. The van der Waals surface area contributed by atoms with Crippen LogP contribution >= 0.6 is 0 Å². The SMILES string of the molecule is NC(=O)NCCNc1ccc(N)c(N)c1. The standard InChI is InChI=1S/C9H15N5O/c10-7-2-1-6(5-8(7)11)13-3-4-14-9(12)15/h1-2,5,13H,3-4,10-11H2,(H3,12,14,15). The molecule has 0 saturated carbocycles. The van der Waals surface area contributed by atoms with E-state index in [4.69, 9.17) is 17.2 Å². The van der Waals surface area contributed by atoms with Gasteiger partial charge in [-0.25, -0.2) is 4.79 Å². The topological polar surface area (TPSA) is 119 Å². The van der Waals surface area contributed by atoms with Gasteiger partial charge in [-0.2, -0.15) is 0 Å². The first-order chi connectivity index (χ1) is 7.09. The molecule has 1 rings (SSSR count). The van der Waals surface area contributed by atoms with E-state index < -0.39 is 6.03 Å². The minimum absolute atomic E-state index is 0.458. The number of nitrogen functional groups attached to an aromatic ring is 2. The van der Waals surface area contributed by atoms with Crippen LogP contribution in [0.1, 0.15) is 0 Å². The first-order valence-electron chi connectivity index (χ1n) is 4.52. The van der Waals surface area contributed by atoms with Gasteiger partial charge < -0.3 is 27.8 Å². The molecule has 6 heteroatoms. The fraction of sp³-hybridized carbons (Fsp3) is 0.222. The maximum atomic E-state index is 10.4. The van der Waals surface area contributed by atoms with Gasteiger partial charge in [-0.1, -0.05) is 0 Å². The van der Waals surface area contributed by atoms with Crippen molar-refractivity contribution in [2.75, 3.05) is 29.9 Å². The van der Waals surface area contributed by atoms with Crippen molar-refractivity contribution >= 4 is 23.1 Å². The summed E-state index contributed by atoms with van der Waals surface area (Å²) in [7, 11) is 0. The van der Waals surface area contributed by atoms with Gasteiger partial charge in [0.15, 0.2) is 0 Å². The zero-order chi connectivity index (χ0) is 11.3. The predicted molar refractivity (Wildman–Crippen MR) is 61.3 cm³/mol. The number of hydrogen-bond acceptors (Lipinski definition) is 4. The number of amides is 2. The third kappa shape index (κ3) is 3.63. The monoisotopic (exact) mass is 209 g/mol. The summed E-state index contributed by atoms with van der Waals surface area (Å²) in [5.74, 6) is 0. The number of anilines is 3. The zero-order valence-corrected chi connectivity index (χ0v) is 8.29. The maximum absolute atomic E-state index is 10.4. The van der Waals surface area contributed by atoms with E-state index in [1.807, 2.05) is 6.07 Å². The second kappa shape index (κ2) is 4.94. The van der Waals surface area contributed by atoms with Crippen molar-refractivity contribution in [3.8, 4) is 0 Å². The summed E-state index contributed by atoms with van der Waals surface area (Å²) >= 11 is 0. The van der Waals surface area contributed by atoms with Gasteiger partial charge in [-0.05, 0) is 18.2 Å². The highest BCUT2D eigenvalue weighted by Crippen LogP contribution is 2.18. The van der Waals surface area contributed by atoms with E-state index in [0.29, 0.717) is 24.5 Å². The third-order valence-corrected chi connectivity index (χ3v) is 1.84. The minimum atomic E-state index is -0.534. The Bertz CT molecular complexity index is 352. The number of carbonyl (C=O) groups is 1. The van der Waals surface area contributed by atoms with Crippen LogP contribution in [-0.4, -0.2) is 19.1 Å². The number of hydrogen-bond donors (Lipinski definition) is 5. The highest BCUT2D eigenvalue weighted by atomic mass is 16.2. The molecule has 82 valence electrons. The van der Waals surface area contributed by atoms with Gasteiger partial charge in [0.25, 0.3) is 0 Å². The molecule has 0 aromatic heterocycles. The lowest BCUT2D eigenvalue weighted by molar-refractivity contribution is 0.249. The van der Waals surface area contributed by atoms with Crippen molar-refractivity contribution in [2.24, 2.45) is 5.73 Å². The number of nitrogens with one attached hydrogen (secondary N) is 2. The van der Waals surface area contributed by atoms with Crippen LogP contribution in [0.3, 0.4) is 0 Å². The van der Waals surface area contributed by atoms with E-state index >= 15 is 0 Å².